The summed E-state index contributed by atoms with van der Waals surface area (Å²) in [6.07, 6.45) is 6.94. The summed E-state index contributed by atoms with van der Waals surface area (Å²) in [5.74, 6) is 0.993. The number of methoxy groups -OCH3 is 1. The van der Waals surface area contributed by atoms with Crippen molar-refractivity contribution in [1.29, 1.82) is 0 Å². The molecule has 0 aliphatic heterocycles. The second kappa shape index (κ2) is 11.9. The van der Waals surface area contributed by atoms with E-state index in [1.54, 1.807) is 16.9 Å². The molecule has 0 N–H and O–H groups in total. The van der Waals surface area contributed by atoms with Gasteiger partial charge in [-0.1, -0.05) is 0 Å². The van der Waals surface area contributed by atoms with Crippen molar-refractivity contribution in [3.63, 3.8) is 0 Å². The van der Waals surface area contributed by atoms with E-state index in [2.05, 4.69) is 116 Å². The molecule has 0 saturated carbocycles. The monoisotopic (exact) mass is 600 g/mol. The molecule has 0 atom stereocenters. The molecular weight excluding hydrogens is 574 g/mol. The first-order valence-electron chi connectivity index (χ1n) is 12.3. The van der Waals surface area contributed by atoms with E-state index in [9.17, 15) is 0 Å². The zero-order valence-electron chi connectivity index (χ0n) is 21.0. The van der Waals surface area contributed by atoms with E-state index in [4.69, 9.17) is 4.74 Å². The fourth-order valence-electron chi connectivity index (χ4n) is 5.59. The van der Waals surface area contributed by atoms with Crippen molar-refractivity contribution in [3.05, 3.63) is 140 Å². The van der Waals surface area contributed by atoms with E-state index in [-0.39, 0.29) is 24.8 Å². The normalized spacial score (nSPS) is 12.6. The Morgan fingerprint density at radius 1 is 0.757 bits per heavy atom. The molecule has 0 unspecified atom stereocenters. The molecule has 0 aromatic heterocycles. The molecular formula is C33H28Cl2OZr. The van der Waals surface area contributed by atoms with Crippen LogP contribution in [0.3, 0.4) is 0 Å². The smallest absolute Gasteiger partial charge is 1.00 e. The van der Waals surface area contributed by atoms with Gasteiger partial charge in [-0.15, -0.1) is 0 Å². The Hall–Kier alpha value is -2.51. The second-order valence-electron chi connectivity index (χ2n) is 9.31. The minimum absolute atomic E-state index is 0. The van der Waals surface area contributed by atoms with Gasteiger partial charge < -0.3 is 24.8 Å². The van der Waals surface area contributed by atoms with Crippen LogP contribution >= 0.6 is 0 Å². The van der Waals surface area contributed by atoms with Crippen LogP contribution in [0.1, 0.15) is 35.6 Å². The fraction of sp³-hybridized carbons (Fsp3) is 0.121. The van der Waals surface area contributed by atoms with E-state index in [1.165, 1.54) is 39.0 Å². The summed E-state index contributed by atoms with van der Waals surface area (Å²) in [6.45, 7) is 2.24. The molecule has 0 spiro atoms. The summed E-state index contributed by atoms with van der Waals surface area (Å²) in [7, 11) is 1.80. The molecule has 2 aliphatic carbocycles. The van der Waals surface area contributed by atoms with E-state index in [0.29, 0.717) is 0 Å². The van der Waals surface area contributed by atoms with Crippen LogP contribution in [0.5, 0.6) is 5.75 Å². The van der Waals surface area contributed by atoms with Crippen LogP contribution < -0.4 is 32.8 Å². The van der Waals surface area contributed by atoms with Crippen LogP contribution in [0.2, 0.25) is 0 Å². The number of benzene rings is 4. The molecule has 0 fully saturated rings. The Morgan fingerprint density at radius 2 is 1.38 bits per heavy atom. The molecule has 0 heterocycles. The van der Waals surface area contributed by atoms with Crippen molar-refractivity contribution in [3.8, 4) is 16.9 Å². The molecule has 4 aromatic rings. The molecule has 0 saturated heterocycles. The van der Waals surface area contributed by atoms with Gasteiger partial charge in [-0.25, -0.2) is 0 Å². The number of allylic oxidation sites excluding steroid dienone is 4. The van der Waals surface area contributed by atoms with Crippen molar-refractivity contribution in [2.24, 2.45) is 0 Å². The van der Waals surface area contributed by atoms with Crippen molar-refractivity contribution >= 4 is 6.48 Å². The second-order valence-corrected chi connectivity index (χ2v) is 15.3. The Kier molecular flexibility index (Phi) is 8.86. The van der Waals surface area contributed by atoms with Gasteiger partial charge in [0.25, 0.3) is 0 Å². The Bertz CT molecular complexity index is 1480. The van der Waals surface area contributed by atoms with Crippen LogP contribution in [0.15, 0.2) is 118 Å². The molecule has 2 aliphatic rings. The average molecular weight is 603 g/mol. The van der Waals surface area contributed by atoms with Gasteiger partial charge in [0.15, 0.2) is 0 Å². The van der Waals surface area contributed by atoms with E-state index >= 15 is 0 Å². The molecule has 37 heavy (non-hydrogen) atoms. The number of ether oxygens (including phenoxy) is 1. The van der Waals surface area contributed by atoms with E-state index in [1.807, 2.05) is 0 Å². The quantitative estimate of drug-likeness (QED) is 0.292. The maximum Gasteiger partial charge on any atom is -1.00 e. The number of halogens is 2. The number of hydrogen-bond acceptors (Lipinski definition) is 1. The first kappa shape index (κ1) is 27.5. The van der Waals surface area contributed by atoms with Crippen molar-refractivity contribution < 1.29 is 50.8 Å². The minimum atomic E-state index is -2.60. The third-order valence-electron chi connectivity index (χ3n) is 7.16. The summed E-state index contributed by atoms with van der Waals surface area (Å²) in [4.78, 5) is 0. The zero-order chi connectivity index (χ0) is 23.8. The van der Waals surface area contributed by atoms with Crippen molar-refractivity contribution in [2.45, 2.75) is 19.8 Å². The predicted octanol–water partition coefficient (Wildman–Crippen LogP) is 1.02. The molecule has 0 amide bonds. The average Bonchev–Trinajstić information content (AvgIpc) is 3.52. The molecule has 4 heteroatoms. The zero-order valence-corrected chi connectivity index (χ0v) is 24.9. The largest absolute Gasteiger partial charge is 1.00 e. The summed E-state index contributed by atoms with van der Waals surface area (Å²) in [6, 6.07) is 35.7. The Labute approximate surface area is 239 Å². The van der Waals surface area contributed by atoms with E-state index < -0.39 is 21.3 Å². The molecule has 0 radical (unpaired) electrons. The van der Waals surface area contributed by atoms with Crippen LogP contribution in [0.25, 0.3) is 11.1 Å². The van der Waals surface area contributed by atoms with Gasteiger partial charge in [0.05, 0.1) is 0 Å². The predicted molar refractivity (Wildman–Crippen MR) is 143 cm³/mol. The van der Waals surface area contributed by atoms with E-state index in [0.717, 1.165) is 18.6 Å². The van der Waals surface area contributed by atoms with Gasteiger partial charge in [0.1, 0.15) is 0 Å². The first-order chi connectivity index (χ1) is 17.2. The number of fused-ring (bicyclic) bond motifs is 3. The topological polar surface area (TPSA) is 9.23 Å². The summed E-state index contributed by atoms with van der Waals surface area (Å²) < 4.78 is 10.7. The molecule has 184 valence electrons. The van der Waals surface area contributed by atoms with Gasteiger partial charge in [-0.05, 0) is 0 Å². The Balaban J connectivity index is 0.00000160. The van der Waals surface area contributed by atoms with Gasteiger partial charge in [-0.3, -0.25) is 0 Å². The van der Waals surface area contributed by atoms with Gasteiger partial charge in [0, 0.05) is 0 Å². The van der Waals surface area contributed by atoms with Crippen molar-refractivity contribution in [1.82, 2.24) is 0 Å². The minimum Gasteiger partial charge on any atom is -1.00 e. The molecule has 0 bridgehead atoms. The van der Waals surface area contributed by atoms with Gasteiger partial charge >= 0.3 is 217 Å². The SMILES string of the molecule is COc1cc[c]([Zr+2]([C]2=CC(C)=CC2)=[C](c2ccccc2)c2ccccc2)c2c1-c1ccccc1C2.[Cl-].[Cl-]. The van der Waals surface area contributed by atoms with Crippen LogP contribution in [-0.4, -0.2) is 10.3 Å². The summed E-state index contributed by atoms with van der Waals surface area (Å²) >= 11 is -2.60. The number of rotatable bonds is 5. The maximum absolute atomic E-state index is 5.91. The third kappa shape index (κ3) is 5.13. The fourth-order valence-corrected chi connectivity index (χ4v) is 13.7. The number of hydrogen-bond donors (Lipinski definition) is 0. The maximum atomic E-state index is 5.91. The van der Waals surface area contributed by atoms with Gasteiger partial charge in [0.2, 0.25) is 0 Å². The molecule has 4 aromatic carbocycles. The van der Waals surface area contributed by atoms with Crippen molar-refractivity contribution in [2.75, 3.05) is 7.11 Å². The molecule has 1 nitrogen and oxygen atoms in total. The summed E-state index contributed by atoms with van der Waals surface area (Å²) in [5.41, 5.74) is 9.65. The Morgan fingerprint density at radius 3 is 1.97 bits per heavy atom. The third-order valence-corrected chi connectivity index (χ3v) is 14.7. The summed E-state index contributed by atoms with van der Waals surface area (Å²) in [5, 5.41) is 0. The molecule has 6 rings (SSSR count). The van der Waals surface area contributed by atoms with Crippen LogP contribution in [0, 0.1) is 0 Å². The van der Waals surface area contributed by atoms with Crippen LogP contribution in [-0.2, 0) is 27.7 Å². The van der Waals surface area contributed by atoms with Crippen LogP contribution in [0.4, 0.5) is 0 Å². The van der Waals surface area contributed by atoms with Gasteiger partial charge in [-0.2, -0.15) is 0 Å². The standard InChI is InChI=1S/C14H11O.C13H10.C6H7.2ClH.Zr/c1-15-13-8-4-6-11-9-10-5-2-3-7-12(10)14(11)13;1-3-7-12(8-4-1)11-13-9-5-2-6-10-13;1-6-4-2-3-5-6;;;/h2-5,7-8H,9H2,1H3;1-10H;4-5H,2H2,1H3;2*1H;/q;;;;;+2/p-2. The first-order valence-corrected chi connectivity index (χ1v) is 15.9.